The van der Waals surface area contributed by atoms with E-state index in [2.05, 4.69) is 10.2 Å². The maximum absolute atomic E-state index is 12.8. The minimum atomic E-state index is -0.134. The minimum absolute atomic E-state index is 0.134. The highest BCUT2D eigenvalue weighted by Crippen LogP contribution is 2.22. The number of nitrogens with one attached hydrogen (secondary N) is 1. The molecule has 0 saturated carbocycles. The molecule has 0 bridgehead atoms. The van der Waals surface area contributed by atoms with Crippen molar-refractivity contribution in [3.63, 3.8) is 0 Å². The van der Waals surface area contributed by atoms with Gasteiger partial charge in [-0.25, -0.2) is 4.39 Å². The van der Waals surface area contributed by atoms with Crippen molar-refractivity contribution in [1.82, 2.24) is 10.2 Å². The van der Waals surface area contributed by atoms with Crippen molar-refractivity contribution in [3.8, 4) is 0 Å². The van der Waals surface area contributed by atoms with Crippen LogP contribution in [0.3, 0.4) is 0 Å². The average Bonchev–Trinajstić information content (AvgIpc) is 2.46. The predicted octanol–water partition coefficient (Wildman–Crippen LogP) is 1.32. The molecular formula is C10H13FN2. The lowest BCUT2D eigenvalue weighted by Gasteiger charge is -2.12. The highest BCUT2D eigenvalue weighted by molar-refractivity contribution is 5.30. The molecule has 0 aliphatic carbocycles. The topological polar surface area (TPSA) is 15.3 Å². The second-order valence-corrected chi connectivity index (χ2v) is 3.41. The molecule has 1 aliphatic rings. The van der Waals surface area contributed by atoms with Gasteiger partial charge < -0.3 is 5.32 Å². The van der Waals surface area contributed by atoms with Gasteiger partial charge in [-0.2, -0.15) is 0 Å². The Labute approximate surface area is 77.4 Å². The largest absolute Gasteiger partial charge is 0.307 e. The smallest absolute Gasteiger partial charge is 0.123 e. The summed E-state index contributed by atoms with van der Waals surface area (Å²) in [5, 5.41) is 3.09. The van der Waals surface area contributed by atoms with Gasteiger partial charge in [-0.3, -0.25) is 4.90 Å². The standard InChI is InChI=1S/C10H13FN2/c1-12-7-13-5-8-2-3-10(11)4-9(8)6-13/h2-4,12H,5-7H2,1H3. The first-order valence-electron chi connectivity index (χ1n) is 4.44. The summed E-state index contributed by atoms with van der Waals surface area (Å²) in [5.41, 5.74) is 2.37. The maximum atomic E-state index is 12.8. The first kappa shape index (κ1) is 8.66. The first-order valence-corrected chi connectivity index (χ1v) is 4.44. The van der Waals surface area contributed by atoms with Gasteiger partial charge in [0.2, 0.25) is 0 Å². The van der Waals surface area contributed by atoms with E-state index in [1.807, 2.05) is 13.1 Å². The van der Waals surface area contributed by atoms with Crippen LogP contribution in [0.25, 0.3) is 0 Å². The lowest BCUT2D eigenvalue weighted by Crippen LogP contribution is -2.27. The average molecular weight is 180 g/mol. The van der Waals surface area contributed by atoms with E-state index < -0.39 is 0 Å². The molecule has 0 fully saturated rings. The van der Waals surface area contributed by atoms with Crippen LogP contribution in [-0.4, -0.2) is 18.6 Å². The monoisotopic (exact) mass is 180 g/mol. The Morgan fingerprint density at radius 2 is 2.15 bits per heavy atom. The third kappa shape index (κ3) is 1.71. The van der Waals surface area contributed by atoms with E-state index in [9.17, 15) is 4.39 Å². The van der Waals surface area contributed by atoms with Gasteiger partial charge in [0.15, 0.2) is 0 Å². The van der Waals surface area contributed by atoms with E-state index in [4.69, 9.17) is 0 Å². The maximum Gasteiger partial charge on any atom is 0.123 e. The van der Waals surface area contributed by atoms with Crippen molar-refractivity contribution in [2.75, 3.05) is 13.7 Å². The molecule has 1 aliphatic heterocycles. The highest BCUT2D eigenvalue weighted by Gasteiger charge is 2.17. The van der Waals surface area contributed by atoms with Crippen molar-refractivity contribution in [3.05, 3.63) is 35.1 Å². The van der Waals surface area contributed by atoms with Gasteiger partial charge in [-0.05, 0) is 30.3 Å². The molecule has 13 heavy (non-hydrogen) atoms. The number of hydrogen-bond donors (Lipinski definition) is 1. The van der Waals surface area contributed by atoms with Gasteiger partial charge in [0.25, 0.3) is 0 Å². The summed E-state index contributed by atoms with van der Waals surface area (Å²) >= 11 is 0. The Morgan fingerprint density at radius 1 is 1.38 bits per heavy atom. The van der Waals surface area contributed by atoms with Gasteiger partial charge in [-0.1, -0.05) is 6.07 Å². The van der Waals surface area contributed by atoms with Gasteiger partial charge >= 0.3 is 0 Å². The molecule has 1 N–H and O–H groups in total. The Morgan fingerprint density at radius 3 is 2.92 bits per heavy atom. The molecule has 0 amide bonds. The molecule has 70 valence electrons. The zero-order chi connectivity index (χ0) is 9.26. The van der Waals surface area contributed by atoms with Crippen molar-refractivity contribution in [2.45, 2.75) is 13.1 Å². The fourth-order valence-electron chi connectivity index (χ4n) is 1.77. The zero-order valence-electron chi connectivity index (χ0n) is 7.68. The molecule has 0 radical (unpaired) electrons. The summed E-state index contributed by atoms with van der Waals surface area (Å²) in [6, 6.07) is 5.03. The Kier molecular flexibility index (Phi) is 2.29. The van der Waals surface area contributed by atoms with Crippen LogP contribution in [0.1, 0.15) is 11.1 Å². The fourth-order valence-corrected chi connectivity index (χ4v) is 1.77. The van der Waals surface area contributed by atoms with Crippen LogP contribution in [0, 0.1) is 5.82 Å². The summed E-state index contributed by atoms with van der Waals surface area (Å²) in [5.74, 6) is -0.134. The molecule has 0 aromatic heterocycles. The second-order valence-electron chi connectivity index (χ2n) is 3.41. The predicted molar refractivity (Wildman–Crippen MR) is 49.6 cm³/mol. The van der Waals surface area contributed by atoms with E-state index in [1.54, 1.807) is 6.07 Å². The molecule has 0 unspecified atom stereocenters. The molecule has 2 rings (SSSR count). The second kappa shape index (κ2) is 3.44. The Hall–Kier alpha value is -0.930. The van der Waals surface area contributed by atoms with Crippen LogP contribution in [0.2, 0.25) is 0 Å². The van der Waals surface area contributed by atoms with Gasteiger partial charge in [0, 0.05) is 19.8 Å². The van der Waals surface area contributed by atoms with Crippen LogP contribution >= 0.6 is 0 Å². The number of hydrogen-bond acceptors (Lipinski definition) is 2. The highest BCUT2D eigenvalue weighted by atomic mass is 19.1. The van der Waals surface area contributed by atoms with Crippen molar-refractivity contribution < 1.29 is 4.39 Å². The SMILES string of the molecule is CNCN1Cc2ccc(F)cc2C1. The number of rotatable bonds is 2. The van der Waals surface area contributed by atoms with E-state index >= 15 is 0 Å². The molecule has 1 aromatic carbocycles. The number of halogens is 1. The van der Waals surface area contributed by atoms with E-state index in [0.717, 1.165) is 25.3 Å². The fraction of sp³-hybridized carbons (Fsp3) is 0.400. The minimum Gasteiger partial charge on any atom is -0.307 e. The molecule has 0 saturated heterocycles. The lowest BCUT2D eigenvalue weighted by molar-refractivity contribution is 0.269. The third-order valence-corrected chi connectivity index (χ3v) is 2.34. The zero-order valence-corrected chi connectivity index (χ0v) is 7.68. The summed E-state index contributed by atoms with van der Waals surface area (Å²) < 4.78 is 12.8. The van der Waals surface area contributed by atoms with E-state index in [-0.39, 0.29) is 5.82 Å². The summed E-state index contributed by atoms with van der Waals surface area (Å²) in [7, 11) is 1.92. The number of nitrogens with zero attached hydrogens (tertiary/aromatic N) is 1. The van der Waals surface area contributed by atoms with E-state index in [1.165, 1.54) is 11.6 Å². The molecule has 3 heteroatoms. The van der Waals surface area contributed by atoms with Crippen LogP contribution in [0.4, 0.5) is 4.39 Å². The molecule has 2 nitrogen and oxygen atoms in total. The van der Waals surface area contributed by atoms with Crippen LogP contribution in [-0.2, 0) is 13.1 Å². The molecule has 1 aromatic rings. The van der Waals surface area contributed by atoms with Gasteiger partial charge in [0.05, 0.1) is 0 Å². The first-order chi connectivity index (χ1) is 6.29. The van der Waals surface area contributed by atoms with Crippen molar-refractivity contribution in [1.29, 1.82) is 0 Å². The van der Waals surface area contributed by atoms with Gasteiger partial charge in [-0.15, -0.1) is 0 Å². The normalized spacial score (nSPS) is 16.2. The summed E-state index contributed by atoms with van der Waals surface area (Å²) in [6.07, 6.45) is 0. The third-order valence-electron chi connectivity index (χ3n) is 2.34. The summed E-state index contributed by atoms with van der Waals surface area (Å²) in [6.45, 7) is 2.64. The number of fused-ring (bicyclic) bond motifs is 1. The molecule has 0 atom stereocenters. The summed E-state index contributed by atoms with van der Waals surface area (Å²) in [4.78, 5) is 2.24. The Balaban J connectivity index is 2.16. The van der Waals surface area contributed by atoms with Crippen molar-refractivity contribution in [2.24, 2.45) is 0 Å². The Bertz CT molecular complexity index is 312. The lowest BCUT2D eigenvalue weighted by atomic mass is 10.1. The number of benzene rings is 1. The van der Waals surface area contributed by atoms with Crippen molar-refractivity contribution >= 4 is 0 Å². The molecule has 0 spiro atoms. The quantitative estimate of drug-likeness (QED) is 0.738. The van der Waals surface area contributed by atoms with Crippen LogP contribution in [0.5, 0.6) is 0 Å². The molecular weight excluding hydrogens is 167 g/mol. The van der Waals surface area contributed by atoms with Gasteiger partial charge in [0.1, 0.15) is 5.82 Å². The van der Waals surface area contributed by atoms with E-state index in [0.29, 0.717) is 0 Å². The molecule has 1 heterocycles. The van der Waals surface area contributed by atoms with Crippen LogP contribution in [0.15, 0.2) is 18.2 Å². The van der Waals surface area contributed by atoms with Crippen LogP contribution < -0.4 is 5.32 Å².